The predicted octanol–water partition coefficient (Wildman–Crippen LogP) is 2.88. The van der Waals surface area contributed by atoms with E-state index in [1.165, 1.54) is 12.8 Å². The largest absolute Gasteiger partial charge is 0.228 e. The van der Waals surface area contributed by atoms with Crippen LogP contribution in [-0.2, 0) is 0 Å². The minimum Gasteiger partial charge on any atom is -0.228 e. The highest BCUT2D eigenvalue weighted by Gasteiger charge is 2.42. The van der Waals surface area contributed by atoms with Gasteiger partial charge in [-0.1, -0.05) is 11.8 Å². The monoisotopic (exact) mass is 233 g/mol. The Bertz CT molecular complexity index is 412. The Morgan fingerprint density at radius 2 is 2.00 bits per heavy atom. The van der Waals surface area contributed by atoms with Gasteiger partial charge in [0, 0.05) is 23.6 Å². The smallest absolute Gasteiger partial charge is 0.187 e. The molecule has 84 valence electrons. The van der Waals surface area contributed by atoms with Crippen LogP contribution in [0.5, 0.6) is 0 Å². The van der Waals surface area contributed by atoms with Gasteiger partial charge in [-0.3, -0.25) is 0 Å². The van der Waals surface area contributed by atoms with Crippen LogP contribution in [0.3, 0.4) is 0 Å². The highest BCUT2D eigenvalue weighted by atomic mass is 32.2. The Morgan fingerprint density at radius 1 is 1.38 bits per heavy atom. The van der Waals surface area contributed by atoms with E-state index in [0.717, 1.165) is 22.3 Å². The van der Waals surface area contributed by atoms with Crippen LogP contribution in [0.15, 0.2) is 11.2 Å². The van der Waals surface area contributed by atoms with Crippen LogP contribution in [0.1, 0.15) is 30.7 Å². The molecule has 0 spiro atoms. The molecule has 1 fully saturated rings. The summed E-state index contributed by atoms with van der Waals surface area (Å²) < 4.78 is 0. The van der Waals surface area contributed by atoms with E-state index in [4.69, 9.17) is 5.26 Å². The fraction of sp³-hybridized carbons (Fsp3) is 0.583. The molecule has 1 aromatic rings. The van der Waals surface area contributed by atoms with E-state index in [-0.39, 0.29) is 5.41 Å². The molecular weight excluding hydrogens is 218 g/mol. The third-order valence-corrected chi connectivity index (χ3v) is 4.08. The summed E-state index contributed by atoms with van der Waals surface area (Å²) in [6, 6.07) is 4.25. The number of hydrogen-bond donors (Lipinski definition) is 0. The number of nitriles is 1. The van der Waals surface area contributed by atoms with Crippen molar-refractivity contribution in [3.05, 3.63) is 17.5 Å². The first-order valence-corrected chi connectivity index (χ1v) is 6.44. The summed E-state index contributed by atoms with van der Waals surface area (Å²) >= 11 is 1.68. The lowest BCUT2D eigenvalue weighted by molar-refractivity contribution is 0.603. The molecule has 4 heteroatoms. The third kappa shape index (κ3) is 2.73. The van der Waals surface area contributed by atoms with E-state index in [0.29, 0.717) is 6.42 Å². The first-order chi connectivity index (χ1) is 7.63. The highest BCUT2D eigenvalue weighted by Crippen LogP contribution is 2.51. The average Bonchev–Trinajstić information content (AvgIpc) is 2.95. The standard InChI is InChI=1S/C12H15N3S/c1-9-7-10(2)15-11(14-9)16-8-12(3-4-12)5-6-13/h7H,3-5,8H2,1-2H3. The molecule has 1 aliphatic rings. The number of nitrogens with zero attached hydrogens (tertiary/aromatic N) is 3. The zero-order valence-corrected chi connectivity index (χ0v) is 10.5. The van der Waals surface area contributed by atoms with E-state index < -0.39 is 0 Å². The summed E-state index contributed by atoms with van der Waals surface area (Å²) in [6.45, 7) is 3.97. The topological polar surface area (TPSA) is 49.6 Å². The lowest BCUT2D eigenvalue weighted by Gasteiger charge is -2.09. The van der Waals surface area contributed by atoms with Gasteiger partial charge in [0.05, 0.1) is 6.07 Å². The van der Waals surface area contributed by atoms with E-state index in [1.807, 2.05) is 19.9 Å². The summed E-state index contributed by atoms with van der Waals surface area (Å²) in [5, 5.41) is 9.59. The quantitative estimate of drug-likeness (QED) is 0.592. The summed E-state index contributed by atoms with van der Waals surface area (Å²) in [6.07, 6.45) is 3.03. The molecule has 0 amide bonds. The van der Waals surface area contributed by atoms with Gasteiger partial charge in [-0.25, -0.2) is 9.97 Å². The van der Waals surface area contributed by atoms with Gasteiger partial charge in [0.15, 0.2) is 5.16 Å². The Labute approximate surface area is 100 Å². The maximum Gasteiger partial charge on any atom is 0.187 e. The molecule has 1 saturated carbocycles. The van der Waals surface area contributed by atoms with Crippen LogP contribution in [0.2, 0.25) is 0 Å². The number of rotatable bonds is 4. The van der Waals surface area contributed by atoms with Crippen molar-refractivity contribution in [1.29, 1.82) is 5.26 Å². The molecule has 0 aromatic carbocycles. The second-order valence-corrected chi connectivity index (χ2v) is 5.50. The molecular formula is C12H15N3S. The predicted molar refractivity (Wildman–Crippen MR) is 64.1 cm³/mol. The van der Waals surface area contributed by atoms with Crippen molar-refractivity contribution in [1.82, 2.24) is 9.97 Å². The Balaban J connectivity index is 1.97. The van der Waals surface area contributed by atoms with Gasteiger partial charge >= 0.3 is 0 Å². The molecule has 0 unspecified atom stereocenters. The van der Waals surface area contributed by atoms with Crippen molar-refractivity contribution < 1.29 is 0 Å². The van der Waals surface area contributed by atoms with Crippen LogP contribution in [-0.4, -0.2) is 15.7 Å². The third-order valence-electron chi connectivity index (χ3n) is 2.88. The number of aryl methyl sites for hydroxylation is 2. The number of aromatic nitrogens is 2. The van der Waals surface area contributed by atoms with E-state index in [2.05, 4.69) is 16.0 Å². The fourth-order valence-corrected chi connectivity index (χ4v) is 2.94. The van der Waals surface area contributed by atoms with Crippen LogP contribution in [0, 0.1) is 30.6 Å². The molecule has 3 nitrogen and oxygen atoms in total. The maximum absolute atomic E-state index is 8.74. The molecule has 2 rings (SSSR count). The molecule has 0 aliphatic heterocycles. The molecule has 1 aromatic heterocycles. The van der Waals surface area contributed by atoms with Gasteiger partial charge in [0.1, 0.15) is 0 Å². The van der Waals surface area contributed by atoms with Gasteiger partial charge in [-0.15, -0.1) is 0 Å². The van der Waals surface area contributed by atoms with Crippen molar-refractivity contribution >= 4 is 11.8 Å². The molecule has 0 N–H and O–H groups in total. The summed E-state index contributed by atoms with van der Waals surface area (Å²) in [5.74, 6) is 0.976. The van der Waals surface area contributed by atoms with Crippen molar-refractivity contribution in [2.45, 2.75) is 38.3 Å². The molecule has 1 heterocycles. The van der Waals surface area contributed by atoms with Gasteiger partial charge in [-0.2, -0.15) is 5.26 Å². The summed E-state index contributed by atoms with van der Waals surface area (Å²) in [7, 11) is 0. The molecule has 0 atom stereocenters. The zero-order chi connectivity index (χ0) is 11.6. The lowest BCUT2D eigenvalue weighted by atomic mass is 10.1. The van der Waals surface area contributed by atoms with E-state index in [1.54, 1.807) is 11.8 Å². The minimum absolute atomic E-state index is 0.264. The van der Waals surface area contributed by atoms with Crippen LogP contribution < -0.4 is 0 Å². The summed E-state index contributed by atoms with van der Waals surface area (Å²) in [5.41, 5.74) is 2.29. The van der Waals surface area contributed by atoms with Crippen molar-refractivity contribution in [2.75, 3.05) is 5.75 Å². The van der Waals surface area contributed by atoms with E-state index in [9.17, 15) is 0 Å². The molecule has 0 radical (unpaired) electrons. The average molecular weight is 233 g/mol. The summed E-state index contributed by atoms with van der Waals surface area (Å²) in [4.78, 5) is 8.79. The first kappa shape index (κ1) is 11.4. The van der Waals surface area contributed by atoms with Crippen molar-refractivity contribution in [2.24, 2.45) is 5.41 Å². The van der Waals surface area contributed by atoms with Crippen LogP contribution >= 0.6 is 11.8 Å². The Morgan fingerprint density at radius 3 is 2.50 bits per heavy atom. The molecule has 0 saturated heterocycles. The molecule has 1 aliphatic carbocycles. The number of thioether (sulfide) groups is 1. The zero-order valence-electron chi connectivity index (χ0n) is 9.66. The lowest BCUT2D eigenvalue weighted by Crippen LogP contribution is -2.04. The maximum atomic E-state index is 8.74. The van der Waals surface area contributed by atoms with Crippen molar-refractivity contribution in [3.8, 4) is 6.07 Å². The highest BCUT2D eigenvalue weighted by molar-refractivity contribution is 7.99. The first-order valence-electron chi connectivity index (χ1n) is 5.46. The molecule has 0 bridgehead atoms. The number of hydrogen-bond acceptors (Lipinski definition) is 4. The van der Waals surface area contributed by atoms with Crippen LogP contribution in [0.4, 0.5) is 0 Å². The van der Waals surface area contributed by atoms with Crippen LogP contribution in [0.25, 0.3) is 0 Å². The fourth-order valence-electron chi connectivity index (χ4n) is 1.69. The Hall–Kier alpha value is -1.08. The SMILES string of the molecule is Cc1cc(C)nc(SCC2(CC#N)CC2)n1. The van der Waals surface area contributed by atoms with E-state index >= 15 is 0 Å². The second-order valence-electron chi connectivity index (χ2n) is 4.56. The normalized spacial score (nSPS) is 16.8. The van der Waals surface area contributed by atoms with Gasteiger partial charge in [0.2, 0.25) is 0 Å². The minimum atomic E-state index is 0.264. The van der Waals surface area contributed by atoms with Gasteiger partial charge < -0.3 is 0 Å². The van der Waals surface area contributed by atoms with Gasteiger partial charge in [0.25, 0.3) is 0 Å². The molecule has 16 heavy (non-hydrogen) atoms. The second kappa shape index (κ2) is 4.42. The Kier molecular flexibility index (Phi) is 3.15. The van der Waals surface area contributed by atoms with Crippen molar-refractivity contribution in [3.63, 3.8) is 0 Å². The van der Waals surface area contributed by atoms with Gasteiger partial charge in [-0.05, 0) is 38.2 Å².